The zero-order valence-electron chi connectivity index (χ0n) is 10.3. The van der Waals surface area contributed by atoms with Crippen LogP contribution in [0.1, 0.15) is 26.2 Å². The third-order valence-electron chi connectivity index (χ3n) is 3.90. The van der Waals surface area contributed by atoms with Crippen molar-refractivity contribution < 1.29 is 9.59 Å². The molecule has 96 valence electrons. The molecule has 5 heteroatoms. The molecule has 0 bridgehead atoms. The number of carbonyl (C=O) groups is 2. The van der Waals surface area contributed by atoms with Gasteiger partial charge in [-0.2, -0.15) is 0 Å². The Balaban J connectivity index is 1.89. The molecule has 2 rings (SSSR count). The van der Waals surface area contributed by atoms with Crippen molar-refractivity contribution in [3.8, 4) is 0 Å². The number of carbonyl (C=O) groups excluding carboxylic acids is 2. The van der Waals surface area contributed by atoms with E-state index in [1.807, 2.05) is 4.90 Å². The fourth-order valence-electron chi connectivity index (χ4n) is 2.57. The Hall–Kier alpha value is -1.10. The summed E-state index contributed by atoms with van der Waals surface area (Å²) in [5.74, 6) is 0.576. The van der Waals surface area contributed by atoms with E-state index in [9.17, 15) is 9.59 Å². The van der Waals surface area contributed by atoms with Gasteiger partial charge in [-0.1, -0.05) is 6.92 Å². The van der Waals surface area contributed by atoms with E-state index in [-0.39, 0.29) is 23.8 Å². The van der Waals surface area contributed by atoms with Crippen molar-refractivity contribution in [3.05, 3.63) is 0 Å². The van der Waals surface area contributed by atoms with Gasteiger partial charge in [-0.15, -0.1) is 0 Å². The molecule has 2 aliphatic rings. The fourth-order valence-corrected chi connectivity index (χ4v) is 2.57. The minimum Gasteiger partial charge on any atom is -0.355 e. The maximum atomic E-state index is 12.2. The summed E-state index contributed by atoms with van der Waals surface area (Å²) in [6.45, 7) is 4.10. The van der Waals surface area contributed by atoms with Gasteiger partial charge in [0.1, 0.15) is 0 Å². The molecule has 0 aromatic carbocycles. The van der Waals surface area contributed by atoms with Gasteiger partial charge in [-0.05, 0) is 18.8 Å². The lowest BCUT2D eigenvalue weighted by atomic mass is 9.92. The standard InChI is InChI=1S/C12H21N3O2/c1-8-7-15(5-4-10(8)13)12(17)9-2-3-11(16)14-6-9/h8-10H,2-7,13H2,1H3,(H,14,16). The van der Waals surface area contributed by atoms with Crippen molar-refractivity contribution in [1.82, 2.24) is 10.2 Å². The molecule has 3 N–H and O–H groups in total. The third kappa shape index (κ3) is 2.77. The molecular weight excluding hydrogens is 218 g/mol. The van der Waals surface area contributed by atoms with Gasteiger partial charge in [0.2, 0.25) is 11.8 Å². The largest absolute Gasteiger partial charge is 0.355 e. The SMILES string of the molecule is CC1CN(C(=O)C2CCC(=O)NC2)CCC1N. The Kier molecular flexibility index (Phi) is 3.66. The summed E-state index contributed by atoms with van der Waals surface area (Å²) in [4.78, 5) is 25.2. The first-order valence-corrected chi connectivity index (χ1v) is 6.39. The Labute approximate surface area is 102 Å². The van der Waals surface area contributed by atoms with Gasteiger partial charge in [0, 0.05) is 32.1 Å². The summed E-state index contributed by atoms with van der Waals surface area (Å²) in [5, 5.41) is 2.76. The molecule has 3 atom stereocenters. The van der Waals surface area contributed by atoms with Crippen LogP contribution in [0.4, 0.5) is 0 Å². The number of nitrogens with zero attached hydrogens (tertiary/aromatic N) is 1. The smallest absolute Gasteiger partial charge is 0.227 e. The van der Waals surface area contributed by atoms with Crippen molar-refractivity contribution in [2.45, 2.75) is 32.2 Å². The molecular formula is C12H21N3O2. The van der Waals surface area contributed by atoms with E-state index in [0.29, 0.717) is 25.3 Å². The molecule has 2 saturated heterocycles. The number of piperidine rings is 2. The minimum atomic E-state index is -0.0331. The first-order chi connectivity index (χ1) is 8.08. The highest BCUT2D eigenvalue weighted by atomic mass is 16.2. The van der Waals surface area contributed by atoms with Crippen molar-refractivity contribution in [3.63, 3.8) is 0 Å². The maximum Gasteiger partial charge on any atom is 0.227 e. The van der Waals surface area contributed by atoms with Crippen LogP contribution in [-0.2, 0) is 9.59 Å². The van der Waals surface area contributed by atoms with Crippen LogP contribution in [0.15, 0.2) is 0 Å². The van der Waals surface area contributed by atoms with Crippen LogP contribution in [0, 0.1) is 11.8 Å². The second-order valence-electron chi connectivity index (χ2n) is 5.25. The van der Waals surface area contributed by atoms with Gasteiger partial charge >= 0.3 is 0 Å². The van der Waals surface area contributed by atoms with Gasteiger partial charge in [0.15, 0.2) is 0 Å². The Morgan fingerprint density at radius 3 is 2.82 bits per heavy atom. The first-order valence-electron chi connectivity index (χ1n) is 6.39. The van der Waals surface area contributed by atoms with Crippen molar-refractivity contribution in [2.24, 2.45) is 17.6 Å². The molecule has 0 aromatic rings. The van der Waals surface area contributed by atoms with Crippen LogP contribution in [0.5, 0.6) is 0 Å². The van der Waals surface area contributed by atoms with Crippen LogP contribution in [-0.4, -0.2) is 42.4 Å². The van der Waals surface area contributed by atoms with Crippen LogP contribution in [0.3, 0.4) is 0 Å². The Morgan fingerprint density at radius 1 is 1.47 bits per heavy atom. The summed E-state index contributed by atoms with van der Waals surface area (Å²) >= 11 is 0. The molecule has 0 radical (unpaired) electrons. The summed E-state index contributed by atoms with van der Waals surface area (Å²) in [7, 11) is 0. The lowest BCUT2D eigenvalue weighted by Gasteiger charge is -2.37. The van der Waals surface area contributed by atoms with E-state index in [4.69, 9.17) is 5.73 Å². The summed E-state index contributed by atoms with van der Waals surface area (Å²) in [6, 6.07) is 0.213. The monoisotopic (exact) mass is 239 g/mol. The lowest BCUT2D eigenvalue weighted by Crippen LogP contribution is -2.52. The van der Waals surface area contributed by atoms with Gasteiger partial charge < -0.3 is 16.0 Å². The van der Waals surface area contributed by atoms with E-state index in [0.717, 1.165) is 19.5 Å². The minimum absolute atomic E-state index is 0.0331. The van der Waals surface area contributed by atoms with E-state index >= 15 is 0 Å². The molecule has 0 aromatic heterocycles. The summed E-state index contributed by atoms with van der Waals surface area (Å²) in [5.41, 5.74) is 5.94. The van der Waals surface area contributed by atoms with Crippen LogP contribution < -0.4 is 11.1 Å². The van der Waals surface area contributed by atoms with Crippen LogP contribution >= 0.6 is 0 Å². The zero-order chi connectivity index (χ0) is 12.4. The van der Waals surface area contributed by atoms with E-state index in [1.54, 1.807) is 0 Å². The van der Waals surface area contributed by atoms with Gasteiger partial charge in [-0.3, -0.25) is 9.59 Å². The lowest BCUT2D eigenvalue weighted by molar-refractivity contribution is -0.139. The van der Waals surface area contributed by atoms with Gasteiger partial charge in [-0.25, -0.2) is 0 Å². The number of nitrogens with two attached hydrogens (primary N) is 1. The fraction of sp³-hybridized carbons (Fsp3) is 0.833. The van der Waals surface area contributed by atoms with E-state index in [1.165, 1.54) is 0 Å². The van der Waals surface area contributed by atoms with Gasteiger partial charge in [0.25, 0.3) is 0 Å². The average Bonchev–Trinajstić information content (AvgIpc) is 2.33. The van der Waals surface area contributed by atoms with Gasteiger partial charge in [0.05, 0.1) is 5.92 Å². The molecule has 0 spiro atoms. The average molecular weight is 239 g/mol. The molecule has 3 unspecified atom stereocenters. The van der Waals surface area contributed by atoms with Crippen LogP contribution in [0.2, 0.25) is 0 Å². The zero-order valence-corrected chi connectivity index (χ0v) is 10.3. The highest BCUT2D eigenvalue weighted by molar-refractivity contribution is 5.83. The van der Waals surface area contributed by atoms with Crippen molar-refractivity contribution in [2.75, 3.05) is 19.6 Å². The molecule has 2 fully saturated rings. The normalized spacial score (nSPS) is 34.4. The molecule has 2 amide bonds. The highest BCUT2D eigenvalue weighted by Crippen LogP contribution is 2.20. The second-order valence-corrected chi connectivity index (χ2v) is 5.25. The molecule has 5 nitrogen and oxygen atoms in total. The first kappa shape index (κ1) is 12.4. The number of nitrogens with one attached hydrogen (secondary N) is 1. The van der Waals surface area contributed by atoms with E-state index in [2.05, 4.69) is 12.2 Å². The molecule has 0 saturated carbocycles. The third-order valence-corrected chi connectivity index (χ3v) is 3.90. The number of likely N-dealkylation sites (tertiary alicyclic amines) is 1. The van der Waals surface area contributed by atoms with Crippen LogP contribution in [0.25, 0.3) is 0 Å². The molecule has 2 aliphatic heterocycles. The second kappa shape index (κ2) is 5.04. The van der Waals surface area contributed by atoms with E-state index < -0.39 is 0 Å². The molecule has 2 heterocycles. The van der Waals surface area contributed by atoms with Crippen molar-refractivity contribution in [1.29, 1.82) is 0 Å². The highest BCUT2D eigenvalue weighted by Gasteiger charge is 2.32. The predicted molar refractivity (Wildman–Crippen MR) is 64.1 cm³/mol. The Bertz CT molecular complexity index is 309. The predicted octanol–water partition coefficient (Wildman–Crippen LogP) is -0.292. The summed E-state index contributed by atoms with van der Waals surface area (Å²) in [6.07, 6.45) is 2.03. The molecule has 0 aliphatic carbocycles. The topological polar surface area (TPSA) is 75.4 Å². The molecule has 17 heavy (non-hydrogen) atoms. The Morgan fingerprint density at radius 2 is 2.24 bits per heavy atom. The summed E-state index contributed by atoms with van der Waals surface area (Å²) < 4.78 is 0. The quantitative estimate of drug-likeness (QED) is 0.660. The maximum absolute atomic E-state index is 12.2. The number of hydrogen-bond acceptors (Lipinski definition) is 3. The number of hydrogen-bond donors (Lipinski definition) is 2. The number of amides is 2. The number of rotatable bonds is 1. The van der Waals surface area contributed by atoms with Crippen molar-refractivity contribution >= 4 is 11.8 Å².